The second-order valence-corrected chi connectivity index (χ2v) is 27.5. The summed E-state index contributed by atoms with van der Waals surface area (Å²) in [5.41, 5.74) is 17.4. The van der Waals surface area contributed by atoms with Gasteiger partial charge in [0.25, 0.3) is 25.6 Å². The Morgan fingerprint density at radius 1 is 0.480 bits per heavy atom. The van der Waals surface area contributed by atoms with E-state index in [-0.39, 0.29) is 15.4 Å². The number of pyridine rings is 3. The Labute approximate surface area is 584 Å². The highest BCUT2D eigenvalue weighted by molar-refractivity contribution is 7.93. The lowest BCUT2D eigenvalue weighted by Gasteiger charge is -2.14. The smallest absolute Gasteiger partial charge is 0.263 e. The maximum Gasteiger partial charge on any atom is 0.263 e. The van der Waals surface area contributed by atoms with Crippen LogP contribution in [0.25, 0.3) is 60.8 Å². The number of nitrogens with one attached hydrogen (secondary N) is 5. The van der Waals surface area contributed by atoms with E-state index in [1.807, 2.05) is 164 Å². The molecule has 0 unspecified atom stereocenters. The van der Waals surface area contributed by atoms with E-state index in [9.17, 15) is 26.4 Å². The molecule has 0 fully saturated rings. The number of sulfonamides is 2. The Hall–Kier alpha value is -12.0. The minimum atomic E-state index is -3.70. The van der Waals surface area contributed by atoms with Gasteiger partial charge in [-0.3, -0.25) is 23.6 Å². The average molecular weight is 1400 g/mol. The molecule has 0 aliphatic carbocycles. The quantitative estimate of drug-likeness (QED) is 0.0368. The Kier molecular flexibility index (Phi) is 21.1. The summed E-state index contributed by atoms with van der Waals surface area (Å²) in [6.45, 7) is 1.56. The first-order valence-electron chi connectivity index (χ1n) is 31.1. The number of nitrogens with zero attached hydrogens (tertiary/aromatic N) is 5. The van der Waals surface area contributed by atoms with Gasteiger partial charge in [0.05, 0.1) is 53.5 Å². The third kappa shape index (κ3) is 16.4. The zero-order valence-electron chi connectivity index (χ0n) is 54.1. The Bertz CT molecular complexity index is 5480. The average Bonchev–Trinajstić information content (AvgIpc) is 0.868. The molecule has 14 aromatic rings. The molecule has 0 aliphatic heterocycles. The van der Waals surface area contributed by atoms with Crippen LogP contribution in [0, 0.1) is 0 Å². The van der Waals surface area contributed by atoms with Gasteiger partial charge in [-0.25, -0.2) is 36.8 Å². The zero-order valence-corrected chi connectivity index (χ0v) is 57.3. The van der Waals surface area contributed by atoms with E-state index in [1.54, 1.807) is 110 Å². The van der Waals surface area contributed by atoms with Crippen molar-refractivity contribution in [1.82, 2.24) is 24.5 Å². The molecular weight excluding hydrogens is 1340 g/mol. The highest BCUT2D eigenvalue weighted by atomic mass is 32.2. The summed E-state index contributed by atoms with van der Waals surface area (Å²) < 4.78 is 73.1. The largest absolute Gasteiger partial charge is 0.497 e. The molecule has 5 aromatic heterocycles. The molecule has 9 aromatic carbocycles. The van der Waals surface area contributed by atoms with Gasteiger partial charge in [-0.1, -0.05) is 78.9 Å². The number of methoxy groups -OCH3 is 3. The summed E-state index contributed by atoms with van der Waals surface area (Å²) in [5, 5.41) is 17.8. The van der Waals surface area contributed by atoms with Crippen LogP contribution in [-0.2, 0) is 39.7 Å². The van der Waals surface area contributed by atoms with Crippen molar-refractivity contribution in [2.24, 2.45) is 5.73 Å². The number of amides is 1. The number of carbonyl (C=O) groups excluding carboxylic acids is 1. The molecule has 14 rings (SSSR count). The van der Waals surface area contributed by atoms with Crippen LogP contribution in [0.1, 0.15) is 27.0 Å². The topological polar surface area (TPSA) is 273 Å². The van der Waals surface area contributed by atoms with Gasteiger partial charge in [-0.2, -0.15) is 0 Å². The number of carbonyl (C=O) groups is 1. The molecule has 24 heteroatoms. The van der Waals surface area contributed by atoms with E-state index < -0.39 is 26.0 Å². The zero-order chi connectivity index (χ0) is 69.6. The third-order valence-electron chi connectivity index (χ3n) is 15.9. The van der Waals surface area contributed by atoms with Gasteiger partial charge in [0.15, 0.2) is 10.3 Å². The van der Waals surface area contributed by atoms with Crippen molar-refractivity contribution in [3.8, 4) is 45.5 Å². The number of nitrogens with two attached hydrogens (primary N) is 1. The lowest BCUT2D eigenvalue weighted by molar-refractivity contribution is 0.1000. The van der Waals surface area contributed by atoms with E-state index in [4.69, 9.17) is 29.9 Å². The standard InChI is InChI=1S/C27H24N4O4S2.C25H20N4O3S2.C24H21N3O2/c1-34-20-9-12-23(26(16-20)35-2)25-15-18(22-5-3-4-6-24(22)30-25)17-29-19-7-10-21(11-8-19)37(32,33)31-27-28-13-14-36-27;30-24-23-9-5-4-8-22(23)18(17-29(24)20-6-2-1-3-7-20)16-27-19-10-12-21(13-11-19)34(31,32)28-25-26-14-15-33-25;1-29-20-11-9-16(10-12-20)23-14-18(21-7-2-3-8-22(21)27-23)15-26-19-6-4-5-17(13-19)24(25)28/h3-16,29H,17H2,1-2H3,(H,28,31);1-15,17,27H,16H2,(H,26,28);2-14,26H,15H2,1H3,(H2,25,28). The fourth-order valence-corrected chi connectivity index (χ4v) is 14.5. The van der Waals surface area contributed by atoms with Gasteiger partial charge < -0.3 is 35.9 Å². The first-order chi connectivity index (χ1) is 48.6. The summed E-state index contributed by atoms with van der Waals surface area (Å²) in [4.78, 5) is 42.4. The van der Waals surface area contributed by atoms with E-state index in [2.05, 4.69) is 47.5 Å². The summed E-state index contributed by atoms with van der Waals surface area (Å²) in [7, 11) is -2.51. The summed E-state index contributed by atoms with van der Waals surface area (Å²) in [6.07, 6.45) is 4.94. The Balaban J connectivity index is 0.000000143. The lowest BCUT2D eigenvalue weighted by atomic mass is 10.0. The maximum absolute atomic E-state index is 13.1. The van der Waals surface area contributed by atoms with Gasteiger partial charge in [0.1, 0.15) is 17.2 Å². The third-order valence-corrected chi connectivity index (χ3v) is 20.3. The molecule has 5 heterocycles. The molecule has 100 heavy (non-hydrogen) atoms. The molecule has 0 saturated heterocycles. The number of fused-ring (bicyclic) bond motifs is 3. The van der Waals surface area contributed by atoms with Crippen molar-refractivity contribution in [3.05, 3.63) is 292 Å². The lowest BCUT2D eigenvalue weighted by Crippen LogP contribution is -2.20. The second kappa shape index (κ2) is 31.1. The number of para-hydroxylation sites is 3. The maximum atomic E-state index is 13.1. The number of hydrogen-bond acceptors (Lipinski definition) is 18. The summed E-state index contributed by atoms with van der Waals surface area (Å²) >= 11 is 2.44. The molecule has 0 bridgehead atoms. The minimum Gasteiger partial charge on any atom is -0.497 e. The highest BCUT2D eigenvalue weighted by Crippen LogP contribution is 2.35. The molecule has 0 radical (unpaired) electrons. The number of benzene rings is 9. The number of hydrogen-bond donors (Lipinski definition) is 6. The predicted molar refractivity (Wildman–Crippen MR) is 399 cm³/mol. The second-order valence-electron chi connectivity index (χ2n) is 22.3. The van der Waals surface area contributed by atoms with Crippen LogP contribution < -0.4 is 50.9 Å². The number of anilines is 5. The van der Waals surface area contributed by atoms with Crippen LogP contribution in [0.5, 0.6) is 17.2 Å². The van der Waals surface area contributed by atoms with Crippen LogP contribution in [0.2, 0.25) is 0 Å². The van der Waals surface area contributed by atoms with E-state index in [0.717, 1.165) is 94.9 Å². The highest BCUT2D eigenvalue weighted by Gasteiger charge is 2.19. The van der Waals surface area contributed by atoms with Crippen molar-refractivity contribution in [1.29, 1.82) is 0 Å². The fourth-order valence-electron chi connectivity index (χ4n) is 10.9. The molecule has 20 nitrogen and oxygen atoms in total. The van der Waals surface area contributed by atoms with Crippen LogP contribution >= 0.6 is 22.7 Å². The van der Waals surface area contributed by atoms with Crippen LogP contribution in [-0.4, -0.2) is 68.6 Å². The van der Waals surface area contributed by atoms with Gasteiger partial charge >= 0.3 is 0 Å². The van der Waals surface area contributed by atoms with Crippen molar-refractivity contribution >= 4 is 109 Å². The van der Waals surface area contributed by atoms with E-state index in [1.165, 1.54) is 22.7 Å². The molecule has 0 saturated carbocycles. The first-order valence-corrected chi connectivity index (χ1v) is 35.8. The van der Waals surface area contributed by atoms with E-state index in [0.29, 0.717) is 52.3 Å². The monoisotopic (exact) mass is 1400 g/mol. The molecule has 7 N–H and O–H groups in total. The number of ether oxygens (including phenoxy) is 3. The minimum absolute atomic E-state index is 0.0761. The van der Waals surface area contributed by atoms with Gasteiger partial charge in [-0.15, -0.1) is 22.7 Å². The molecule has 502 valence electrons. The van der Waals surface area contributed by atoms with Crippen LogP contribution in [0.3, 0.4) is 0 Å². The molecule has 0 aliphatic rings. The summed E-state index contributed by atoms with van der Waals surface area (Å²) in [5.74, 6) is 1.75. The van der Waals surface area contributed by atoms with Crippen LogP contribution in [0.4, 0.5) is 27.3 Å². The summed E-state index contributed by atoms with van der Waals surface area (Å²) in [6, 6.07) is 71.0. The molecule has 1 amide bonds. The number of thiazole rings is 2. The van der Waals surface area contributed by atoms with Gasteiger partial charge in [-0.05, 0) is 168 Å². The Morgan fingerprint density at radius 3 is 1.52 bits per heavy atom. The van der Waals surface area contributed by atoms with Crippen molar-refractivity contribution < 1.29 is 35.8 Å². The number of rotatable bonds is 22. The Morgan fingerprint density at radius 2 is 0.980 bits per heavy atom. The van der Waals surface area contributed by atoms with Crippen molar-refractivity contribution in [2.45, 2.75) is 29.4 Å². The van der Waals surface area contributed by atoms with Crippen LogP contribution in [0.15, 0.2) is 274 Å². The first kappa shape index (κ1) is 68.0. The van der Waals surface area contributed by atoms with Crippen molar-refractivity contribution in [2.75, 3.05) is 46.7 Å². The molecular formula is C76H65N11O9S4. The number of primary amides is 1. The fraction of sp³-hybridized carbons (Fsp3) is 0.0789. The van der Waals surface area contributed by atoms with Gasteiger partial charge in [0, 0.05) is 111 Å². The predicted octanol–water partition coefficient (Wildman–Crippen LogP) is 15.3. The molecule has 0 spiro atoms. The molecule has 0 atom stereocenters. The van der Waals surface area contributed by atoms with Crippen molar-refractivity contribution in [3.63, 3.8) is 0 Å². The van der Waals surface area contributed by atoms with Gasteiger partial charge in [0.2, 0.25) is 5.91 Å². The SMILES string of the molecule is COc1ccc(-c2cc(CNc3ccc(S(=O)(=O)Nc4nccs4)cc3)c3ccccc3n2)c(OC)c1.COc1ccc(-c2cc(CNc3cccc(C(N)=O)c3)c3ccccc3n2)cc1.O=c1c2ccccc2c(CNc2ccc(S(=O)(=O)Nc3nccs3)cc2)cn1-c1ccccc1. The van der Waals surface area contributed by atoms with E-state index >= 15 is 0 Å². The number of aromatic nitrogens is 5. The normalized spacial score (nSPS) is 11.2.